The normalized spacial score (nSPS) is 13.1. The van der Waals surface area contributed by atoms with Crippen molar-refractivity contribution in [1.29, 1.82) is 0 Å². The Balaban J connectivity index is 2.70. The van der Waals surface area contributed by atoms with Gasteiger partial charge in [0.15, 0.2) is 0 Å². The molecule has 1 aromatic carbocycles. The predicted molar refractivity (Wildman–Crippen MR) is 77.8 cm³/mol. The summed E-state index contributed by atoms with van der Waals surface area (Å²) in [6.07, 6.45) is -0.527. The van der Waals surface area contributed by atoms with Crippen molar-refractivity contribution in [1.82, 2.24) is 10.0 Å². The van der Waals surface area contributed by atoms with Crippen molar-refractivity contribution < 1.29 is 18.4 Å². The lowest BCUT2D eigenvalue weighted by Gasteiger charge is -2.09. The number of nitrogens with one attached hydrogen (secondary N) is 2. The number of nitro benzene ring substituents is 1. The highest BCUT2D eigenvalue weighted by molar-refractivity contribution is 7.89. The summed E-state index contributed by atoms with van der Waals surface area (Å²) in [5.74, 6) is 0. The van der Waals surface area contributed by atoms with Crippen molar-refractivity contribution in [3.8, 4) is 0 Å². The smallest absolute Gasteiger partial charge is 0.289 e. The summed E-state index contributed by atoms with van der Waals surface area (Å²) in [5.41, 5.74) is -0.466. The van der Waals surface area contributed by atoms with Crippen LogP contribution in [0.5, 0.6) is 0 Å². The third-order valence-corrected chi connectivity index (χ3v) is 4.24. The number of halogens is 1. The molecule has 0 heterocycles. The second-order valence-electron chi connectivity index (χ2n) is 4.32. The molecule has 0 aromatic heterocycles. The van der Waals surface area contributed by atoms with Crippen LogP contribution < -0.4 is 10.0 Å². The molecule has 21 heavy (non-hydrogen) atoms. The highest BCUT2D eigenvalue weighted by Gasteiger charge is 2.20. The molecule has 1 unspecified atom stereocenters. The van der Waals surface area contributed by atoms with Gasteiger partial charge < -0.3 is 10.4 Å². The number of benzene rings is 1. The zero-order chi connectivity index (χ0) is 16.0. The van der Waals surface area contributed by atoms with E-state index in [9.17, 15) is 18.5 Å². The summed E-state index contributed by atoms with van der Waals surface area (Å²) in [5, 5.41) is 22.5. The Bertz CT molecular complexity index is 606. The first-order chi connectivity index (χ1) is 9.74. The Morgan fingerprint density at radius 1 is 1.43 bits per heavy atom. The molecular weight excluding hydrogens is 322 g/mol. The average molecular weight is 338 g/mol. The van der Waals surface area contributed by atoms with Crippen molar-refractivity contribution in [3.63, 3.8) is 0 Å². The van der Waals surface area contributed by atoms with E-state index in [0.29, 0.717) is 13.1 Å². The third-order valence-electron chi connectivity index (χ3n) is 2.46. The number of hydrogen-bond donors (Lipinski definition) is 3. The van der Waals surface area contributed by atoms with E-state index in [1.807, 2.05) is 0 Å². The third kappa shape index (κ3) is 5.56. The Hall–Kier alpha value is -1.26. The minimum atomic E-state index is -3.85. The lowest BCUT2D eigenvalue weighted by atomic mass is 10.3. The standard InChI is InChI=1S/C11H16ClN3O5S/c1-8(16)7-13-4-5-14-21(19,20)9-2-3-10(12)11(6-9)15(17)18/h2-3,6,8,13-14,16H,4-5,7H2,1H3. The van der Waals surface area contributed by atoms with E-state index >= 15 is 0 Å². The van der Waals surface area contributed by atoms with E-state index < -0.39 is 26.7 Å². The van der Waals surface area contributed by atoms with Gasteiger partial charge in [0.2, 0.25) is 10.0 Å². The summed E-state index contributed by atoms with van der Waals surface area (Å²) < 4.78 is 26.2. The lowest BCUT2D eigenvalue weighted by Crippen LogP contribution is -2.34. The molecule has 0 radical (unpaired) electrons. The topological polar surface area (TPSA) is 122 Å². The molecule has 0 spiro atoms. The number of aliphatic hydroxyl groups excluding tert-OH is 1. The molecule has 1 rings (SSSR count). The molecule has 1 aromatic rings. The molecule has 0 aliphatic carbocycles. The van der Waals surface area contributed by atoms with Crippen LogP contribution >= 0.6 is 11.6 Å². The maximum Gasteiger partial charge on any atom is 0.289 e. The fourth-order valence-electron chi connectivity index (χ4n) is 1.47. The van der Waals surface area contributed by atoms with Gasteiger partial charge in [0.05, 0.1) is 15.9 Å². The van der Waals surface area contributed by atoms with E-state index in [1.165, 1.54) is 12.1 Å². The number of hydrogen-bond acceptors (Lipinski definition) is 6. The Kier molecular flexibility index (Phi) is 6.49. The molecule has 10 heteroatoms. The SMILES string of the molecule is CC(O)CNCCNS(=O)(=O)c1ccc(Cl)c([N+](=O)[O-])c1. The second-order valence-corrected chi connectivity index (χ2v) is 6.50. The Labute approximate surface area is 127 Å². The van der Waals surface area contributed by atoms with Crippen LogP contribution in [0.4, 0.5) is 5.69 Å². The minimum absolute atomic E-state index is 0.0888. The number of aliphatic hydroxyl groups is 1. The number of nitro groups is 1. The molecule has 118 valence electrons. The van der Waals surface area contributed by atoms with E-state index in [1.54, 1.807) is 6.92 Å². The van der Waals surface area contributed by atoms with Crippen LogP contribution in [0.15, 0.2) is 23.1 Å². The number of rotatable bonds is 8. The molecule has 0 fully saturated rings. The van der Waals surface area contributed by atoms with Gasteiger partial charge in [0.25, 0.3) is 5.69 Å². The first kappa shape index (κ1) is 17.8. The van der Waals surface area contributed by atoms with E-state index in [-0.39, 0.29) is 16.5 Å². The van der Waals surface area contributed by atoms with Gasteiger partial charge in [-0.25, -0.2) is 13.1 Å². The first-order valence-electron chi connectivity index (χ1n) is 6.06. The van der Waals surface area contributed by atoms with Crippen molar-refractivity contribution in [2.45, 2.75) is 17.9 Å². The highest BCUT2D eigenvalue weighted by Crippen LogP contribution is 2.26. The van der Waals surface area contributed by atoms with Crippen LogP contribution in [0.25, 0.3) is 0 Å². The van der Waals surface area contributed by atoms with Crippen molar-refractivity contribution in [2.24, 2.45) is 0 Å². The molecule has 0 amide bonds. The van der Waals surface area contributed by atoms with Gasteiger partial charge in [0.1, 0.15) is 5.02 Å². The highest BCUT2D eigenvalue weighted by atomic mass is 35.5. The quantitative estimate of drug-likeness (QED) is 0.361. The van der Waals surface area contributed by atoms with Crippen LogP contribution in [0.1, 0.15) is 6.92 Å². The molecule has 0 aliphatic rings. The zero-order valence-electron chi connectivity index (χ0n) is 11.2. The van der Waals surface area contributed by atoms with Gasteiger partial charge in [-0.2, -0.15) is 0 Å². The summed E-state index contributed by atoms with van der Waals surface area (Å²) in [4.78, 5) is 9.76. The van der Waals surface area contributed by atoms with Gasteiger partial charge in [-0.3, -0.25) is 10.1 Å². The zero-order valence-corrected chi connectivity index (χ0v) is 12.8. The van der Waals surface area contributed by atoms with Gasteiger partial charge >= 0.3 is 0 Å². The van der Waals surface area contributed by atoms with Crippen molar-refractivity contribution >= 4 is 27.3 Å². The average Bonchev–Trinajstić information content (AvgIpc) is 2.37. The molecule has 1 atom stereocenters. The minimum Gasteiger partial charge on any atom is -0.392 e. The number of nitrogens with zero attached hydrogens (tertiary/aromatic N) is 1. The van der Waals surface area contributed by atoms with Gasteiger partial charge in [-0.15, -0.1) is 0 Å². The molecule has 8 nitrogen and oxygen atoms in total. The molecular formula is C11H16ClN3O5S. The first-order valence-corrected chi connectivity index (χ1v) is 7.92. The van der Waals surface area contributed by atoms with Crippen molar-refractivity contribution in [2.75, 3.05) is 19.6 Å². The monoisotopic (exact) mass is 337 g/mol. The van der Waals surface area contributed by atoms with Crippen LogP contribution in [0.2, 0.25) is 5.02 Å². The maximum absolute atomic E-state index is 12.0. The Morgan fingerprint density at radius 2 is 2.10 bits per heavy atom. The molecule has 0 saturated heterocycles. The number of sulfonamides is 1. The van der Waals surface area contributed by atoms with Gasteiger partial charge in [0, 0.05) is 25.7 Å². The fourth-order valence-corrected chi connectivity index (χ4v) is 2.71. The largest absolute Gasteiger partial charge is 0.392 e. The second kappa shape index (κ2) is 7.66. The van der Waals surface area contributed by atoms with Gasteiger partial charge in [-0.1, -0.05) is 11.6 Å². The summed E-state index contributed by atoms with van der Waals surface area (Å²) in [7, 11) is -3.85. The summed E-state index contributed by atoms with van der Waals surface area (Å²) >= 11 is 5.63. The van der Waals surface area contributed by atoms with Crippen LogP contribution in [0.3, 0.4) is 0 Å². The summed E-state index contributed by atoms with van der Waals surface area (Å²) in [6.45, 7) is 2.35. The van der Waals surface area contributed by atoms with E-state index in [4.69, 9.17) is 16.7 Å². The molecule has 0 bridgehead atoms. The van der Waals surface area contributed by atoms with E-state index in [0.717, 1.165) is 6.07 Å². The van der Waals surface area contributed by atoms with Crippen LogP contribution in [0, 0.1) is 10.1 Å². The fraction of sp³-hybridized carbons (Fsp3) is 0.455. The summed E-state index contributed by atoms with van der Waals surface area (Å²) in [6, 6.07) is 3.27. The van der Waals surface area contributed by atoms with Crippen LogP contribution in [-0.4, -0.2) is 44.2 Å². The van der Waals surface area contributed by atoms with Crippen molar-refractivity contribution in [3.05, 3.63) is 33.3 Å². The maximum atomic E-state index is 12.0. The molecule has 3 N–H and O–H groups in total. The predicted octanol–water partition coefficient (Wildman–Crippen LogP) is 0.497. The van der Waals surface area contributed by atoms with Crippen LogP contribution in [-0.2, 0) is 10.0 Å². The van der Waals surface area contributed by atoms with Gasteiger partial charge in [-0.05, 0) is 19.1 Å². The van der Waals surface area contributed by atoms with E-state index in [2.05, 4.69) is 10.0 Å². The Morgan fingerprint density at radius 3 is 2.67 bits per heavy atom. The molecule has 0 saturated carbocycles. The lowest BCUT2D eigenvalue weighted by molar-refractivity contribution is -0.384. The molecule has 0 aliphatic heterocycles.